The Labute approximate surface area is 207 Å². The second-order valence-electron chi connectivity index (χ2n) is 8.05. The summed E-state index contributed by atoms with van der Waals surface area (Å²) >= 11 is 4.81. The molecule has 0 aliphatic rings. The molecule has 1 unspecified atom stereocenters. The first-order valence-electron chi connectivity index (χ1n) is 10.7. The standard InChI is InChI=1S/C24H29BrN4O3S/c1-15(2)13-29-23(17(4)32-21-9-7-6-8-20(21)31-5)27-28-24(29)33-14-22(30)26-19-11-10-18(25)12-16(19)3/h6-12,15,17H,13-14H2,1-5H3,(H,26,30). The first-order chi connectivity index (χ1) is 15.8. The van der Waals surface area contributed by atoms with Crippen LogP contribution < -0.4 is 14.8 Å². The molecule has 0 radical (unpaired) electrons. The number of aromatic nitrogens is 3. The highest BCUT2D eigenvalue weighted by atomic mass is 79.9. The summed E-state index contributed by atoms with van der Waals surface area (Å²) in [4.78, 5) is 12.6. The van der Waals surface area contributed by atoms with E-state index < -0.39 is 0 Å². The zero-order valence-electron chi connectivity index (χ0n) is 19.5. The summed E-state index contributed by atoms with van der Waals surface area (Å²) in [6.45, 7) is 8.88. The minimum absolute atomic E-state index is 0.0932. The summed E-state index contributed by atoms with van der Waals surface area (Å²) in [5.41, 5.74) is 1.79. The molecule has 2 aromatic carbocycles. The Balaban J connectivity index is 1.72. The molecule has 3 rings (SSSR count). The third-order valence-corrected chi connectivity index (χ3v) is 6.28. The minimum atomic E-state index is -0.346. The lowest BCUT2D eigenvalue weighted by Crippen LogP contribution is -2.17. The fourth-order valence-corrected chi connectivity index (χ4v) is 4.52. The number of halogens is 1. The fourth-order valence-electron chi connectivity index (χ4n) is 3.29. The maximum absolute atomic E-state index is 12.6. The van der Waals surface area contributed by atoms with Crippen molar-refractivity contribution in [3.8, 4) is 11.5 Å². The Morgan fingerprint density at radius 3 is 2.55 bits per heavy atom. The van der Waals surface area contributed by atoms with Gasteiger partial charge in [0.15, 0.2) is 28.6 Å². The largest absolute Gasteiger partial charge is 0.493 e. The van der Waals surface area contributed by atoms with Crippen molar-refractivity contribution < 1.29 is 14.3 Å². The number of hydrogen-bond donors (Lipinski definition) is 1. The van der Waals surface area contributed by atoms with Crippen LogP contribution in [0, 0.1) is 12.8 Å². The van der Waals surface area contributed by atoms with Crippen molar-refractivity contribution >= 4 is 39.3 Å². The smallest absolute Gasteiger partial charge is 0.234 e. The number of ether oxygens (including phenoxy) is 2. The van der Waals surface area contributed by atoms with Gasteiger partial charge in [-0.2, -0.15) is 0 Å². The third-order valence-electron chi connectivity index (χ3n) is 4.82. The van der Waals surface area contributed by atoms with Gasteiger partial charge in [0.05, 0.1) is 12.9 Å². The minimum Gasteiger partial charge on any atom is -0.493 e. The maximum atomic E-state index is 12.6. The quantitative estimate of drug-likeness (QED) is 0.328. The van der Waals surface area contributed by atoms with E-state index in [9.17, 15) is 4.79 Å². The second kappa shape index (κ2) is 11.6. The molecular weight excluding hydrogens is 504 g/mol. The molecule has 0 bridgehead atoms. The fraction of sp³-hybridized carbons (Fsp3) is 0.375. The lowest BCUT2D eigenvalue weighted by atomic mass is 10.2. The molecule has 1 N–H and O–H groups in total. The van der Waals surface area contributed by atoms with Crippen LogP contribution in [0.2, 0.25) is 0 Å². The summed E-state index contributed by atoms with van der Waals surface area (Å²) < 4.78 is 14.5. The first kappa shape index (κ1) is 25.1. The monoisotopic (exact) mass is 532 g/mol. The number of carbonyl (C=O) groups is 1. The van der Waals surface area contributed by atoms with Crippen LogP contribution in [0.4, 0.5) is 5.69 Å². The average molecular weight is 533 g/mol. The number of hydrogen-bond acceptors (Lipinski definition) is 6. The van der Waals surface area contributed by atoms with Gasteiger partial charge in [-0.25, -0.2) is 0 Å². The normalized spacial score (nSPS) is 12.0. The van der Waals surface area contributed by atoms with Crippen LogP contribution in [0.1, 0.15) is 38.3 Å². The number of nitrogens with zero attached hydrogens (tertiary/aromatic N) is 3. The predicted octanol–water partition coefficient (Wildman–Crippen LogP) is 5.88. The SMILES string of the molecule is COc1ccccc1OC(C)c1nnc(SCC(=O)Nc2ccc(Br)cc2C)n1CC(C)C. The van der Waals surface area contributed by atoms with Gasteiger partial charge in [-0.05, 0) is 55.7 Å². The van der Waals surface area contributed by atoms with E-state index in [1.807, 2.05) is 60.9 Å². The maximum Gasteiger partial charge on any atom is 0.234 e. The number of benzene rings is 2. The van der Waals surface area contributed by atoms with Gasteiger partial charge in [0.1, 0.15) is 0 Å². The molecule has 33 heavy (non-hydrogen) atoms. The van der Waals surface area contributed by atoms with Gasteiger partial charge in [-0.1, -0.05) is 53.7 Å². The first-order valence-corrected chi connectivity index (χ1v) is 12.5. The van der Waals surface area contributed by atoms with Gasteiger partial charge in [0.25, 0.3) is 0 Å². The van der Waals surface area contributed by atoms with Crippen LogP contribution in [0.3, 0.4) is 0 Å². The van der Waals surface area contributed by atoms with E-state index in [4.69, 9.17) is 9.47 Å². The second-order valence-corrected chi connectivity index (χ2v) is 9.91. The molecule has 1 atom stereocenters. The zero-order chi connectivity index (χ0) is 24.0. The Morgan fingerprint density at radius 1 is 1.15 bits per heavy atom. The molecule has 0 aliphatic heterocycles. The number of carbonyl (C=O) groups excluding carboxylic acids is 1. The Morgan fingerprint density at radius 2 is 1.88 bits per heavy atom. The molecule has 1 heterocycles. The number of amides is 1. The lowest BCUT2D eigenvalue weighted by molar-refractivity contribution is -0.113. The Hall–Kier alpha value is -2.52. The van der Waals surface area contributed by atoms with Crippen LogP contribution >= 0.6 is 27.7 Å². The van der Waals surface area contributed by atoms with Gasteiger partial charge in [-0.3, -0.25) is 4.79 Å². The Kier molecular flexibility index (Phi) is 8.80. The molecule has 176 valence electrons. The third kappa shape index (κ3) is 6.74. The van der Waals surface area contributed by atoms with Gasteiger partial charge >= 0.3 is 0 Å². The van der Waals surface area contributed by atoms with Gasteiger partial charge in [-0.15, -0.1) is 10.2 Å². The van der Waals surface area contributed by atoms with E-state index in [1.165, 1.54) is 11.8 Å². The van der Waals surface area contributed by atoms with Crippen LogP contribution in [0.15, 0.2) is 52.1 Å². The summed E-state index contributed by atoms with van der Waals surface area (Å²) in [5.74, 6) is 2.52. The van der Waals surface area contributed by atoms with Crippen molar-refractivity contribution in [3.05, 3.63) is 58.3 Å². The number of methoxy groups -OCH3 is 1. The van der Waals surface area contributed by atoms with E-state index >= 15 is 0 Å². The number of para-hydroxylation sites is 2. The zero-order valence-corrected chi connectivity index (χ0v) is 21.9. The van der Waals surface area contributed by atoms with Crippen molar-refractivity contribution in [1.82, 2.24) is 14.8 Å². The topological polar surface area (TPSA) is 78.3 Å². The van der Waals surface area contributed by atoms with E-state index in [0.29, 0.717) is 28.4 Å². The van der Waals surface area contributed by atoms with Crippen LogP contribution in [0.5, 0.6) is 11.5 Å². The van der Waals surface area contributed by atoms with Crippen molar-refractivity contribution in [2.24, 2.45) is 5.92 Å². The van der Waals surface area contributed by atoms with Gasteiger partial charge < -0.3 is 19.4 Å². The summed E-state index contributed by atoms with van der Waals surface area (Å²) in [6.07, 6.45) is -0.346. The van der Waals surface area contributed by atoms with Gasteiger partial charge in [0.2, 0.25) is 5.91 Å². The molecular formula is C24H29BrN4O3S. The average Bonchev–Trinajstić information content (AvgIpc) is 3.16. The van der Waals surface area contributed by atoms with Gasteiger partial charge in [0, 0.05) is 16.7 Å². The van der Waals surface area contributed by atoms with E-state index in [-0.39, 0.29) is 17.8 Å². The summed E-state index contributed by atoms with van der Waals surface area (Å²) in [5, 5.41) is 12.4. The highest BCUT2D eigenvalue weighted by molar-refractivity contribution is 9.10. The number of rotatable bonds is 10. The lowest BCUT2D eigenvalue weighted by Gasteiger charge is -2.19. The number of aryl methyl sites for hydroxylation is 1. The molecule has 0 saturated heterocycles. The number of thioether (sulfide) groups is 1. The molecule has 3 aromatic rings. The van der Waals surface area contributed by atoms with E-state index in [2.05, 4.69) is 45.3 Å². The Bertz CT molecular complexity index is 1100. The van der Waals surface area contributed by atoms with E-state index in [1.54, 1.807) is 7.11 Å². The number of anilines is 1. The van der Waals surface area contributed by atoms with Crippen LogP contribution in [0.25, 0.3) is 0 Å². The van der Waals surface area contributed by atoms with E-state index in [0.717, 1.165) is 22.3 Å². The van der Waals surface area contributed by atoms with Crippen LogP contribution in [-0.2, 0) is 11.3 Å². The summed E-state index contributed by atoms with van der Waals surface area (Å²) in [6, 6.07) is 13.3. The van der Waals surface area contributed by atoms with Crippen LogP contribution in [-0.4, -0.2) is 33.5 Å². The molecule has 0 aliphatic carbocycles. The predicted molar refractivity (Wildman–Crippen MR) is 135 cm³/mol. The number of nitrogens with one attached hydrogen (secondary N) is 1. The van der Waals surface area contributed by atoms with Crippen molar-refractivity contribution in [2.75, 3.05) is 18.2 Å². The van der Waals surface area contributed by atoms with Crippen molar-refractivity contribution in [1.29, 1.82) is 0 Å². The summed E-state index contributed by atoms with van der Waals surface area (Å²) in [7, 11) is 1.61. The van der Waals surface area contributed by atoms with Crippen molar-refractivity contribution in [2.45, 2.75) is 45.5 Å². The molecule has 7 nitrogen and oxygen atoms in total. The molecule has 1 amide bonds. The molecule has 9 heteroatoms. The highest BCUT2D eigenvalue weighted by Gasteiger charge is 2.22. The molecule has 0 fully saturated rings. The van der Waals surface area contributed by atoms with Crippen molar-refractivity contribution in [3.63, 3.8) is 0 Å². The highest BCUT2D eigenvalue weighted by Crippen LogP contribution is 2.31. The molecule has 0 saturated carbocycles. The molecule has 1 aromatic heterocycles. The molecule has 0 spiro atoms.